The van der Waals surface area contributed by atoms with E-state index in [9.17, 15) is 0 Å². The smallest absolute Gasteiger partial charge is 0.126 e. The highest BCUT2D eigenvalue weighted by atomic mass is 16.5. The topological polar surface area (TPSA) is 29.5 Å². The zero-order valence-corrected chi connectivity index (χ0v) is 11.5. The molecule has 0 radical (unpaired) electrons. The van der Waals surface area contributed by atoms with Crippen molar-refractivity contribution in [2.75, 3.05) is 13.7 Å². The maximum atomic E-state index is 8.69. The molecular weight excluding hydrogens is 224 g/mol. The van der Waals surface area contributed by atoms with Crippen LogP contribution in [0.25, 0.3) is 6.08 Å². The van der Waals surface area contributed by atoms with E-state index < -0.39 is 0 Å². The maximum absolute atomic E-state index is 8.69. The maximum Gasteiger partial charge on any atom is 0.126 e. The predicted molar refractivity (Wildman–Crippen MR) is 77.0 cm³/mol. The summed E-state index contributed by atoms with van der Waals surface area (Å²) < 4.78 is 5.36. The van der Waals surface area contributed by atoms with Crippen LogP contribution in [0.2, 0.25) is 0 Å². The molecule has 0 fully saturated rings. The van der Waals surface area contributed by atoms with Gasteiger partial charge in [-0.15, -0.1) is 0 Å². The second-order valence-electron chi connectivity index (χ2n) is 4.41. The van der Waals surface area contributed by atoms with E-state index in [1.54, 1.807) is 7.11 Å². The number of allylic oxidation sites excluding steroid dienone is 1. The van der Waals surface area contributed by atoms with Gasteiger partial charge in [-0.2, -0.15) is 0 Å². The van der Waals surface area contributed by atoms with E-state index in [1.165, 1.54) is 5.56 Å². The largest absolute Gasteiger partial charge is 0.496 e. The van der Waals surface area contributed by atoms with Gasteiger partial charge in [0.25, 0.3) is 0 Å². The third kappa shape index (κ3) is 4.92. The molecule has 0 bridgehead atoms. The number of benzene rings is 1. The number of unbranched alkanes of at least 4 members (excludes halogenated alkanes) is 3. The molecule has 0 saturated carbocycles. The Morgan fingerprint density at radius 2 is 2.06 bits per heavy atom. The monoisotopic (exact) mass is 248 g/mol. The first-order chi connectivity index (χ1) is 8.81. The molecule has 0 aliphatic rings. The van der Waals surface area contributed by atoms with Gasteiger partial charge in [-0.05, 0) is 43.4 Å². The molecule has 0 unspecified atom stereocenters. The first-order valence-corrected chi connectivity index (χ1v) is 6.76. The molecule has 1 aromatic rings. The van der Waals surface area contributed by atoms with Gasteiger partial charge in [0.2, 0.25) is 0 Å². The summed E-state index contributed by atoms with van der Waals surface area (Å²) in [5, 5.41) is 8.69. The molecular formula is C16H24O2. The van der Waals surface area contributed by atoms with Crippen molar-refractivity contribution in [2.24, 2.45) is 0 Å². The number of rotatable bonds is 8. The van der Waals surface area contributed by atoms with Gasteiger partial charge in [0.1, 0.15) is 5.75 Å². The summed E-state index contributed by atoms with van der Waals surface area (Å²) >= 11 is 0. The third-order valence-electron chi connectivity index (χ3n) is 3.03. The minimum Gasteiger partial charge on any atom is -0.496 e. The Morgan fingerprint density at radius 1 is 1.22 bits per heavy atom. The average molecular weight is 248 g/mol. The number of aliphatic hydroxyl groups is 1. The lowest BCUT2D eigenvalue weighted by molar-refractivity contribution is 0.283. The molecule has 0 aliphatic heterocycles. The van der Waals surface area contributed by atoms with Gasteiger partial charge < -0.3 is 9.84 Å². The molecule has 0 amide bonds. The lowest BCUT2D eigenvalue weighted by Gasteiger charge is -2.06. The Morgan fingerprint density at radius 3 is 2.72 bits per heavy atom. The summed E-state index contributed by atoms with van der Waals surface area (Å²) in [7, 11) is 1.71. The van der Waals surface area contributed by atoms with Crippen LogP contribution in [-0.2, 0) is 6.42 Å². The Hall–Kier alpha value is -1.28. The molecule has 18 heavy (non-hydrogen) atoms. The van der Waals surface area contributed by atoms with Crippen LogP contribution in [0.1, 0.15) is 43.7 Å². The molecule has 0 aliphatic carbocycles. The Labute approximate surface area is 110 Å². The van der Waals surface area contributed by atoms with Gasteiger partial charge in [-0.25, -0.2) is 0 Å². The zero-order chi connectivity index (χ0) is 13.2. The fourth-order valence-electron chi connectivity index (χ4n) is 1.90. The van der Waals surface area contributed by atoms with Crippen molar-refractivity contribution in [3.8, 4) is 5.75 Å². The highest BCUT2D eigenvalue weighted by molar-refractivity contribution is 5.58. The van der Waals surface area contributed by atoms with Crippen LogP contribution in [0.4, 0.5) is 0 Å². The van der Waals surface area contributed by atoms with E-state index in [4.69, 9.17) is 9.84 Å². The quantitative estimate of drug-likeness (QED) is 0.709. The number of aryl methyl sites for hydroxylation is 1. The van der Waals surface area contributed by atoms with E-state index >= 15 is 0 Å². The van der Waals surface area contributed by atoms with Crippen molar-refractivity contribution in [2.45, 2.75) is 39.0 Å². The van der Waals surface area contributed by atoms with Crippen molar-refractivity contribution in [3.05, 3.63) is 35.4 Å². The summed E-state index contributed by atoms with van der Waals surface area (Å²) in [4.78, 5) is 0. The van der Waals surface area contributed by atoms with Gasteiger partial charge in [-0.1, -0.05) is 31.6 Å². The molecule has 0 spiro atoms. The van der Waals surface area contributed by atoms with Crippen molar-refractivity contribution >= 4 is 6.08 Å². The average Bonchev–Trinajstić information content (AvgIpc) is 2.42. The van der Waals surface area contributed by atoms with E-state index in [-0.39, 0.29) is 0 Å². The lowest BCUT2D eigenvalue weighted by Crippen LogP contribution is -1.89. The van der Waals surface area contributed by atoms with Crippen molar-refractivity contribution in [1.82, 2.24) is 0 Å². The van der Waals surface area contributed by atoms with Gasteiger partial charge in [-0.3, -0.25) is 0 Å². The van der Waals surface area contributed by atoms with Crippen LogP contribution in [0.15, 0.2) is 24.3 Å². The fourth-order valence-corrected chi connectivity index (χ4v) is 1.90. The van der Waals surface area contributed by atoms with Crippen molar-refractivity contribution in [1.29, 1.82) is 0 Å². The Kier molecular flexibility index (Phi) is 7.19. The predicted octanol–water partition coefficient (Wildman–Crippen LogP) is 3.82. The zero-order valence-electron chi connectivity index (χ0n) is 11.5. The number of ether oxygens (including phenoxy) is 1. The number of aliphatic hydroxyl groups excluding tert-OH is 1. The van der Waals surface area contributed by atoms with E-state index in [2.05, 4.69) is 31.2 Å². The highest BCUT2D eigenvalue weighted by Crippen LogP contribution is 2.22. The van der Waals surface area contributed by atoms with Gasteiger partial charge >= 0.3 is 0 Å². The Balaban J connectivity index is 2.55. The van der Waals surface area contributed by atoms with Crippen LogP contribution in [0.5, 0.6) is 5.75 Å². The number of methoxy groups -OCH3 is 1. The molecule has 0 atom stereocenters. The summed E-state index contributed by atoms with van der Waals surface area (Å²) in [6.45, 7) is 2.46. The minimum absolute atomic E-state index is 0.302. The normalized spacial score (nSPS) is 11.1. The highest BCUT2D eigenvalue weighted by Gasteiger charge is 2.00. The molecule has 2 heteroatoms. The first-order valence-electron chi connectivity index (χ1n) is 6.76. The number of hydrogen-bond acceptors (Lipinski definition) is 2. The van der Waals surface area contributed by atoms with Crippen LogP contribution in [0, 0.1) is 0 Å². The van der Waals surface area contributed by atoms with Crippen molar-refractivity contribution in [3.63, 3.8) is 0 Å². The van der Waals surface area contributed by atoms with E-state index in [0.717, 1.165) is 43.4 Å². The third-order valence-corrected chi connectivity index (χ3v) is 3.03. The van der Waals surface area contributed by atoms with Gasteiger partial charge in [0.15, 0.2) is 0 Å². The molecule has 100 valence electrons. The minimum atomic E-state index is 0.302. The van der Waals surface area contributed by atoms with Crippen LogP contribution in [-0.4, -0.2) is 18.8 Å². The van der Waals surface area contributed by atoms with E-state index in [1.807, 2.05) is 6.07 Å². The first kappa shape index (κ1) is 14.8. The summed E-state index contributed by atoms with van der Waals surface area (Å²) in [5.41, 5.74) is 2.48. The fraction of sp³-hybridized carbons (Fsp3) is 0.500. The second kappa shape index (κ2) is 8.76. The van der Waals surface area contributed by atoms with Gasteiger partial charge in [0.05, 0.1) is 7.11 Å². The SMILES string of the molecule is CCc1ccc(OC)c(/C=C/CCCCCO)c1. The molecule has 2 nitrogen and oxygen atoms in total. The Bertz CT molecular complexity index is 369. The van der Waals surface area contributed by atoms with Crippen LogP contribution < -0.4 is 4.74 Å². The summed E-state index contributed by atoms with van der Waals surface area (Å²) in [6, 6.07) is 6.32. The second-order valence-corrected chi connectivity index (χ2v) is 4.41. The number of hydrogen-bond donors (Lipinski definition) is 1. The molecule has 0 saturated heterocycles. The molecule has 0 aromatic heterocycles. The lowest BCUT2D eigenvalue weighted by atomic mass is 10.1. The summed E-state index contributed by atoms with van der Waals surface area (Å²) in [6.07, 6.45) is 9.55. The van der Waals surface area contributed by atoms with Crippen LogP contribution in [0.3, 0.4) is 0 Å². The van der Waals surface area contributed by atoms with Crippen molar-refractivity contribution < 1.29 is 9.84 Å². The standard InChI is InChI=1S/C16H24O2/c1-3-14-10-11-16(18-2)15(13-14)9-7-5-4-6-8-12-17/h7,9-11,13,17H,3-6,8,12H2,1-2H3/b9-7+. The molecule has 0 heterocycles. The molecule has 1 aromatic carbocycles. The molecule has 1 N–H and O–H groups in total. The van der Waals surface area contributed by atoms with E-state index in [0.29, 0.717) is 6.61 Å². The molecule has 1 rings (SSSR count). The van der Waals surface area contributed by atoms with Gasteiger partial charge in [0, 0.05) is 12.2 Å². The van der Waals surface area contributed by atoms with Crippen LogP contribution >= 0.6 is 0 Å². The summed E-state index contributed by atoms with van der Waals surface area (Å²) in [5.74, 6) is 0.929.